The van der Waals surface area contributed by atoms with Crippen LogP contribution in [0.4, 0.5) is 5.82 Å². The van der Waals surface area contributed by atoms with Gasteiger partial charge >= 0.3 is 0 Å². The molecule has 0 aliphatic carbocycles. The molecule has 0 amide bonds. The number of nitrogens with zero attached hydrogens (tertiary/aromatic N) is 3. The molecule has 6 nitrogen and oxygen atoms in total. The fourth-order valence-electron chi connectivity index (χ4n) is 3.06. The lowest BCUT2D eigenvalue weighted by Gasteiger charge is -2.17. The van der Waals surface area contributed by atoms with Gasteiger partial charge in [0.05, 0.1) is 15.9 Å². The van der Waals surface area contributed by atoms with Crippen LogP contribution >= 0.6 is 27.5 Å². The Bertz CT molecular complexity index is 1100. The molecular weight excluding hydrogens is 476 g/mol. The van der Waals surface area contributed by atoms with Crippen molar-refractivity contribution in [3.63, 3.8) is 0 Å². The van der Waals surface area contributed by atoms with E-state index >= 15 is 0 Å². The Morgan fingerprint density at radius 3 is 2.76 bits per heavy atom. The summed E-state index contributed by atoms with van der Waals surface area (Å²) >= 11 is 9.91. The molecule has 0 radical (unpaired) electrons. The lowest BCUT2D eigenvalue weighted by atomic mass is 10.1. The van der Waals surface area contributed by atoms with Crippen LogP contribution in [-0.2, 0) is 10.0 Å². The predicted octanol–water partition coefficient (Wildman–Crippen LogP) is 4.89. The number of nitrogens with one attached hydrogen (secondary N) is 1. The maximum atomic E-state index is 12.1. The van der Waals surface area contributed by atoms with E-state index in [1.165, 1.54) is 4.31 Å². The summed E-state index contributed by atoms with van der Waals surface area (Å²) in [5, 5.41) is 4.05. The minimum atomic E-state index is -3.16. The van der Waals surface area contributed by atoms with Crippen molar-refractivity contribution in [3.8, 4) is 11.3 Å². The van der Waals surface area contributed by atoms with Crippen molar-refractivity contribution in [2.24, 2.45) is 0 Å². The molecule has 0 aliphatic heterocycles. The van der Waals surface area contributed by atoms with Crippen LogP contribution in [0.2, 0.25) is 5.02 Å². The molecule has 2 heterocycles. The fourth-order valence-corrected chi connectivity index (χ4v) is 4.93. The molecule has 156 valence electrons. The summed E-state index contributed by atoms with van der Waals surface area (Å²) in [7, 11) is -1.53. The number of halogens is 2. The van der Waals surface area contributed by atoms with Gasteiger partial charge in [0.25, 0.3) is 0 Å². The number of aromatic nitrogens is 2. The highest BCUT2D eigenvalue weighted by molar-refractivity contribution is 9.10. The molecule has 0 fully saturated rings. The fraction of sp³-hybridized carbons (Fsp3) is 0.350. The van der Waals surface area contributed by atoms with Gasteiger partial charge in [0.2, 0.25) is 10.0 Å². The largest absolute Gasteiger partial charge is 0.371 e. The Labute approximate surface area is 185 Å². The van der Waals surface area contributed by atoms with E-state index < -0.39 is 10.0 Å². The summed E-state index contributed by atoms with van der Waals surface area (Å²) in [5.41, 5.74) is 2.42. The van der Waals surface area contributed by atoms with E-state index in [0.29, 0.717) is 31.0 Å². The van der Waals surface area contributed by atoms with Crippen LogP contribution in [0.5, 0.6) is 0 Å². The van der Waals surface area contributed by atoms with Crippen LogP contribution in [0, 0.1) is 0 Å². The van der Waals surface area contributed by atoms with Crippen molar-refractivity contribution in [3.05, 3.63) is 52.1 Å². The Morgan fingerprint density at radius 2 is 2.03 bits per heavy atom. The molecule has 0 saturated carbocycles. The smallest absolute Gasteiger partial charge is 0.213 e. The van der Waals surface area contributed by atoms with Gasteiger partial charge < -0.3 is 5.32 Å². The predicted molar refractivity (Wildman–Crippen MR) is 123 cm³/mol. The third kappa shape index (κ3) is 5.12. The van der Waals surface area contributed by atoms with Gasteiger partial charge in [-0.2, -0.15) is 0 Å². The summed E-state index contributed by atoms with van der Waals surface area (Å²) < 4.78 is 28.4. The number of rotatable bonds is 9. The second-order valence-corrected chi connectivity index (χ2v) is 10.2. The minimum absolute atomic E-state index is 0.181. The summed E-state index contributed by atoms with van der Waals surface area (Å²) in [6.45, 7) is 2.96. The van der Waals surface area contributed by atoms with Gasteiger partial charge in [0.15, 0.2) is 5.65 Å². The number of hydrogen-bond donors (Lipinski definition) is 1. The number of benzene rings is 1. The maximum Gasteiger partial charge on any atom is 0.213 e. The van der Waals surface area contributed by atoms with Crippen LogP contribution in [0.15, 0.2) is 47.1 Å². The topological polar surface area (TPSA) is 66.7 Å². The van der Waals surface area contributed by atoms with E-state index in [0.717, 1.165) is 27.2 Å². The molecule has 1 aromatic carbocycles. The number of fused-ring (bicyclic) bond motifs is 1. The van der Waals surface area contributed by atoms with E-state index in [-0.39, 0.29) is 5.75 Å². The molecule has 0 bridgehead atoms. The second kappa shape index (κ2) is 9.47. The summed E-state index contributed by atoms with van der Waals surface area (Å²) in [5.74, 6) is 1.05. The Kier molecular flexibility index (Phi) is 7.21. The van der Waals surface area contributed by atoms with Gasteiger partial charge in [-0.05, 0) is 40.9 Å². The van der Waals surface area contributed by atoms with Crippen LogP contribution in [-0.4, -0.2) is 48.0 Å². The van der Waals surface area contributed by atoms with Gasteiger partial charge in [0, 0.05) is 43.0 Å². The van der Waals surface area contributed by atoms with Crippen molar-refractivity contribution in [1.82, 2.24) is 13.7 Å². The van der Waals surface area contributed by atoms with Crippen LogP contribution in [0.3, 0.4) is 0 Å². The van der Waals surface area contributed by atoms with E-state index in [1.807, 2.05) is 53.9 Å². The summed E-state index contributed by atoms with van der Waals surface area (Å²) in [6.07, 6.45) is 3.24. The molecule has 0 spiro atoms. The molecular formula is C20H24BrClN4O2S. The van der Waals surface area contributed by atoms with Crippen molar-refractivity contribution < 1.29 is 8.42 Å². The highest BCUT2D eigenvalue weighted by Gasteiger charge is 2.16. The summed E-state index contributed by atoms with van der Waals surface area (Å²) in [4.78, 5) is 4.74. The van der Waals surface area contributed by atoms with Gasteiger partial charge in [-0.3, -0.25) is 4.40 Å². The molecule has 0 aliphatic rings. The number of anilines is 1. The number of sulfonamides is 1. The van der Waals surface area contributed by atoms with E-state index in [2.05, 4.69) is 21.2 Å². The van der Waals surface area contributed by atoms with Crippen LogP contribution < -0.4 is 5.32 Å². The van der Waals surface area contributed by atoms with Gasteiger partial charge in [0.1, 0.15) is 5.82 Å². The zero-order valence-corrected chi connectivity index (χ0v) is 19.6. The first-order valence-corrected chi connectivity index (χ1v) is 12.2. The molecule has 29 heavy (non-hydrogen) atoms. The van der Waals surface area contributed by atoms with Gasteiger partial charge in [-0.15, -0.1) is 0 Å². The molecule has 9 heteroatoms. The SMILES string of the molecule is CCCS(=O)(=O)N(C)CCCNc1cc(-c2ccccc2Cl)nc2c(Br)ccn12. The van der Waals surface area contributed by atoms with Crippen LogP contribution in [0.25, 0.3) is 16.9 Å². The van der Waals surface area contributed by atoms with Gasteiger partial charge in [-0.1, -0.05) is 36.7 Å². The molecule has 3 aromatic rings. The van der Waals surface area contributed by atoms with Gasteiger partial charge in [-0.25, -0.2) is 17.7 Å². The molecule has 0 atom stereocenters. The van der Waals surface area contributed by atoms with Crippen LogP contribution in [0.1, 0.15) is 19.8 Å². The molecule has 0 saturated heterocycles. The molecule has 1 N–H and O–H groups in total. The van der Waals surface area contributed by atoms with E-state index in [9.17, 15) is 8.42 Å². The Morgan fingerprint density at radius 1 is 1.28 bits per heavy atom. The first-order chi connectivity index (χ1) is 13.8. The normalized spacial score (nSPS) is 12.0. The third-order valence-corrected chi connectivity index (χ3v) is 7.62. The van der Waals surface area contributed by atoms with Crippen molar-refractivity contribution in [1.29, 1.82) is 0 Å². The van der Waals surface area contributed by atoms with Crippen molar-refractivity contribution in [2.45, 2.75) is 19.8 Å². The van der Waals surface area contributed by atoms with Crippen molar-refractivity contribution in [2.75, 3.05) is 31.2 Å². The average Bonchev–Trinajstić information content (AvgIpc) is 3.06. The molecule has 3 rings (SSSR count). The second-order valence-electron chi connectivity index (χ2n) is 6.78. The first-order valence-electron chi connectivity index (χ1n) is 9.44. The quantitative estimate of drug-likeness (QED) is 0.426. The maximum absolute atomic E-state index is 12.1. The molecule has 0 unspecified atom stereocenters. The monoisotopic (exact) mass is 498 g/mol. The van der Waals surface area contributed by atoms with E-state index in [4.69, 9.17) is 16.6 Å². The highest BCUT2D eigenvalue weighted by Crippen LogP contribution is 2.30. The first kappa shape index (κ1) is 22.1. The average molecular weight is 500 g/mol. The zero-order chi connectivity index (χ0) is 21.0. The highest BCUT2D eigenvalue weighted by atomic mass is 79.9. The lowest BCUT2D eigenvalue weighted by molar-refractivity contribution is 0.465. The molecule has 2 aromatic heterocycles. The lowest BCUT2D eigenvalue weighted by Crippen LogP contribution is -2.30. The summed E-state index contributed by atoms with van der Waals surface area (Å²) in [6, 6.07) is 11.5. The number of hydrogen-bond acceptors (Lipinski definition) is 4. The Hall–Kier alpha value is -1.61. The van der Waals surface area contributed by atoms with E-state index in [1.54, 1.807) is 7.05 Å². The zero-order valence-electron chi connectivity index (χ0n) is 16.4. The van der Waals surface area contributed by atoms with Crippen molar-refractivity contribution >= 4 is 49.0 Å². The standard InChI is InChI=1S/C20H24BrClN4O2S/c1-3-13-29(27,28)25(2)11-6-10-23-19-14-18(15-7-4-5-8-17(15)22)24-20-16(21)9-12-26(19)20/h4-5,7-9,12,14,23H,3,6,10-11,13H2,1-2H3. The third-order valence-electron chi connectivity index (χ3n) is 4.61. The minimum Gasteiger partial charge on any atom is -0.371 e. The Balaban J connectivity index is 1.78.